The fourth-order valence-electron chi connectivity index (χ4n) is 2.01. The lowest BCUT2D eigenvalue weighted by Gasteiger charge is -2.25. The molecule has 0 spiro atoms. The molecule has 0 aromatic heterocycles. The van der Waals surface area contributed by atoms with E-state index in [1.807, 2.05) is 0 Å². The molecule has 2 amide bonds. The number of carbonyl (C=O) groups excluding carboxylic acids is 2. The number of carboxylic acids is 1. The van der Waals surface area contributed by atoms with Crippen LogP contribution in [-0.4, -0.2) is 59.4 Å². The molecule has 1 saturated heterocycles. The van der Waals surface area contributed by atoms with Gasteiger partial charge < -0.3 is 15.2 Å². The van der Waals surface area contributed by atoms with Crippen molar-refractivity contribution in [3.05, 3.63) is 0 Å². The first kappa shape index (κ1) is 13.5. The Morgan fingerprint density at radius 2 is 2.21 bits per heavy atom. The van der Waals surface area contributed by atoms with Crippen molar-refractivity contribution in [1.29, 1.82) is 0 Å². The van der Waals surface area contributed by atoms with Crippen LogP contribution in [0.2, 0.25) is 0 Å². The molecule has 0 saturated carbocycles. The molecule has 1 atom stereocenters. The van der Waals surface area contributed by atoms with Crippen LogP contribution in [0.15, 0.2) is 5.10 Å². The monoisotopic (exact) mass is 269 g/mol. The molecule has 1 fully saturated rings. The van der Waals surface area contributed by atoms with E-state index in [2.05, 4.69) is 10.4 Å². The van der Waals surface area contributed by atoms with Gasteiger partial charge in [-0.25, -0.2) is 9.80 Å². The molecule has 0 radical (unpaired) electrons. The lowest BCUT2D eigenvalue weighted by molar-refractivity contribution is -0.146. The Labute approximate surface area is 109 Å². The van der Waals surface area contributed by atoms with Gasteiger partial charge in [-0.2, -0.15) is 5.10 Å². The Bertz CT molecular complexity index is 453. The molecule has 0 aliphatic carbocycles. The summed E-state index contributed by atoms with van der Waals surface area (Å²) >= 11 is 0. The summed E-state index contributed by atoms with van der Waals surface area (Å²) in [7, 11) is 1.46. The normalized spacial score (nSPS) is 27.1. The number of carbonyl (C=O) groups is 3. The molecule has 1 unspecified atom stereocenters. The third-order valence-corrected chi connectivity index (χ3v) is 3.25. The summed E-state index contributed by atoms with van der Waals surface area (Å²) in [6.07, 6.45) is 0.626. The third kappa shape index (κ3) is 2.58. The van der Waals surface area contributed by atoms with Gasteiger partial charge in [0.05, 0.1) is 6.61 Å². The van der Waals surface area contributed by atoms with Crippen molar-refractivity contribution < 1.29 is 24.2 Å². The largest absolute Gasteiger partial charge is 0.479 e. The van der Waals surface area contributed by atoms with Crippen LogP contribution >= 0.6 is 0 Å². The molecule has 2 N–H and O–H groups in total. The summed E-state index contributed by atoms with van der Waals surface area (Å²) in [6.45, 7) is 0.230. The summed E-state index contributed by atoms with van der Waals surface area (Å²) in [4.78, 5) is 34.5. The molecule has 2 aliphatic heterocycles. The van der Waals surface area contributed by atoms with Crippen LogP contribution in [0, 0.1) is 0 Å². The van der Waals surface area contributed by atoms with Gasteiger partial charge in [0.2, 0.25) is 5.91 Å². The van der Waals surface area contributed by atoms with Gasteiger partial charge in [0.15, 0.2) is 5.54 Å². The lowest BCUT2D eigenvalue weighted by Crippen LogP contribution is -2.57. The van der Waals surface area contributed by atoms with E-state index in [1.54, 1.807) is 0 Å². The van der Waals surface area contributed by atoms with Crippen molar-refractivity contribution in [2.75, 3.05) is 20.3 Å². The van der Waals surface area contributed by atoms with Gasteiger partial charge in [0, 0.05) is 32.9 Å². The number of nitrogens with one attached hydrogen (secondary N) is 1. The van der Waals surface area contributed by atoms with Crippen LogP contribution in [0.1, 0.15) is 19.3 Å². The first-order valence-electron chi connectivity index (χ1n) is 5.92. The van der Waals surface area contributed by atoms with E-state index < -0.39 is 17.4 Å². The van der Waals surface area contributed by atoms with Gasteiger partial charge >= 0.3 is 5.97 Å². The first-order valence-corrected chi connectivity index (χ1v) is 5.92. The molecule has 0 aromatic carbocycles. The number of rotatable bonds is 3. The van der Waals surface area contributed by atoms with Crippen LogP contribution in [0.25, 0.3) is 0 Å². The van der Waals surface area contributed by atoms with E-state index in [1.165, 1.54) is 7.05 Å². The Kier molecular flexibility index (Phi) is 3.52. The quantitative estimate of drug-likeness (QED) is 0.680. The second kappa shape index (κ2) is 4.96. The van der Waals surface area contributed by atoms with Gasteiger partial charge in [0.1, 0.15) is 5.71 Å². The predicted molar refractivity (Wildman–Crippen MR) is 63.4 cm³/mol. The van der Waals surface area contributed by atoms with Crippen molar-refractivity contribution in [3.8, 4) is 0 Å². The molecule has 0 aromatic rings. The van der Waals surface area contributed by atoms with Crippen molar-refractivity contribution in [2.45, 2.75) is 24.8 Å². The summed E-state index contributed by atoms with van der Waals surface area (Å²) < 4.78 is 5.05. The number of ether oxygens (including phenoxy) is 1. The fourth-order valence-corrected chi connectivity index (χ4v) is 2.01. The average molecular weight is 269 g/mol. The Balaban J connectivity index is 2.10. The van der Waals surface area contributed by atoms with Gasteiger partial charge in [-0.15, -0.1) is 0 Å². The topological polar surface area (TPSA) is 108 Å². The maximum Gasteiger partial charge on any atom is 0.331 e. The molecule has 2 rings (SSSR count). The fraction of sp³-hybridized carbons (Fsp3) is 0.636. The molecule has 2 aliphatic rings. The molecule has 8 nitrogen and oxygen atoms in total. The highest BCUT2D eigenvalue weighted by Crippen LogP contribution is 2.19. The van der Waals surface area contributed by atoms with Gasteiger partial charge in [-0.3, -0.25) is 9.59 Å². The lowest BCUT2D eigenvalue weighted by atomic mass is 9.98. The smallest absolute Gasteiger partial charge is 0.331 e. The van der Waals surface area contributed by atoms with E-state index in [-0.39, 0.29) is 44.1 Å². The van der Waals surface area contributed by atoms with Crippen molar-refractivity contribution in [3.63, 3.8) is 0 Å². The van der Waals surface area contributed by atoms with Crippen molar-refractivity contribution in [1.82, 2.24) is 10.3 Å². The predicted octanol–water partition coefficient (Wildman–Crippen LogP) is -1.05. The minimum absolute atomic E-state index is 0.0594. The van der Waals surface area contributed by atoms with Crippen molar-refractivity contribution >= 4 is 23.5 Å². The minimum atomic E-state index is -1.39. The number of hydrogen-bond acceptors (Lipinski definition) is 5. The summed E-state index contributed by atoms with van der Waals surface area (Å²) in [5, 5.41) is 16.6. The number of hydrogen-bond donors (Lipinski definition) is 2. The molecule has 104 valence electrons. The average Bonchev–Trinajstić information content (AvgIpc) is 2.82. The van der Waals surface area contributed by atoms with Gasteiger partial charge in [-0.1, -0.05) is 0 Å². The molecular formula is C11H15N3O5. The van der Waals surface area contributed by atoms with Crippen molar-refractivity contribution in [2.24, 2.45) is 5.10 Å². The molecular weight excluding hydrogens is 254 g/mol. The second-order valence-corrected chi connectivity index (χ2v) is 4.61. The standard InChI is InChI=1S/C11H15N3O5/c1-14-8(15)3-2-7(13-14)9(16)12-11(10(17)18)4-5-19-6-11/h2-6H2,1H3,(H,12,16)(H,17,18). The highest BCUT2D eigenvalue weighted by molar-refractivity contribution is 6.40. The second-order valence-electron chi connectivity index (χ2n) is 4.61. The van der Waals surface area contributed by atoms with Gasteiger partial charge in [0.25, 0.3) is 5.91 Å². The number of carboxylic acid groups (broad SMARTS) is 1. The van der Waals surface area contributed by atoms with E-state index in [9.17, 15) is 19.5 Å². The zero-order valence-electron chi connectivity index (χ0n) is 10.5. The molecule has 19 heavy (non-hydrogen) atoms. The maximum absolute atomic E-state index is 12.0. The molecule has 0 bridgehead atoms. The summed E-state index contributed by atoms with van der Waals surface area (Å²) in [5.74, 6) is -1.86. The van der Waals surface area contributed by atoms with Crippen LogP contribution in [0.5, 0.6) is 0 Å². The van der Waals surface area contributed by atoms with Crippen LogP contribution in [0.4, 0.5) is 0 Å². The zero-order valence-corrected chi connectivity index (χ0v) is 10.5. The molecule has 2 heterocycles. The summed E-state index contributed by atoms with van der Waals surface area (Å²) in [5.41, 5.74) is -1.23. The van der Waals surface area contributed by atoms with E-state index in [0.29, 0.717) is 0 Å². The Morgan fingerprint density at radius 3 is 2.74 bits per heavy atom. The van der Waals surface area contributed by atoms with Crippen LogP contribution < -0.4 is 5.32 Å². The number of nitrogens with zero attached hydrogens (tertiary/aromatic N) is 2. The minimum Gasteiger partial charge on any atom is -0.479 e. The zero-order chi connectivity index (χ0) is 14.0. The maximum atomic E-state index is 12.0. The number of aliphatic carboxylic acids is 1. The van der Waals surface area contributed by atoms with E-state index in [0.717, 1.165) is 5.01 Å². The highest BCUT2D eigenvalue weighted by atomic mass is 16.5. The van der Waals surface area contributed by atoms with Gasteiger partial charge in [-0.05, 0) is 0 Å². The van der Waals surface area contributed by atoms with Crippen LogP contribution in [0.3, 0.4) is 0 Å². The Morgan fingerprint density at radius 1 is 1.47 bits per heavy atom. The number of hydrazone groups is 1. The first-order chi connectivity index (χ1) is 8.94. The third-order valence-electron chi connectivity index (χ3n) is 3.25. The van der Waals surface area contributed by atoms with E-state index >= 15 is 0 Å². The highest BCUT2D eigenvalue weighted by Gasteiger charge is 2.44. The Hall–Kier alpha value is -1.96. The molecule has 8 heteroatoms. The van der Waals surface area contributed by atoms with E-state index in [4.69, 9.17) is 4.74 Å². The number of amides is 2. The van der Waals surface area contributed by atoms with Crippen LogP contribution in [-0.2, 0) is 19.1 Å². The summed E-state index contributed by atoms with van der Waals surface area (Å²) in [6, 6.07) is 0. The SMILES string of the molecule is CN1N=C(C(=O)NC2(C(=O)O)CCOC2)CCC1=O.